The Morgan fingerprint density at radius 2 is 1.61 bits per heavy atom. The van der Waals surface area contributed by atoms with Gasteiger partial charge in [0, 0.05) is 21.9 Å². The lowest BCUT2D eigenvalue weighted by Crippen LogP contribution is -2.60. The Balaban J connectivity index is 1.98. The number of aryl methyl sites for hydroxylation is 1. The van der Waals surface area contributed by atoms with Crippen LogP contribution < -0.4 is 14.0 Å². The lowest BCUT2D eigenvalue weighted by molar-refractivity contribution is -1.91. The molecule has 0 saturated heterocycles. The summed E-state index contributed by atoms with van der Waals surface area (Å²) in [5, 5.41) is 0.631. The van der Waals surface area contributed by atoms with Crippen LogP contribution in [-0.4, -0.2) is 10.0 Å². The Morgan fingerprint density at radius 1 is 0.957 bits per heavy atom. The molecule has 1 atom stereocenters. The number of aliphatic imine (C=N–C) groups is 1. The second-order valence-electron chi connectivity index (χ2n) is 4.71. The number of hydrogen-bond acceptors (Lipinski definition) is 6. The molecule has 0 aliphatic carbocycles. The standard InChI is InChI=1S/C15H12ClNO4S2/c1-11-7-9-12(10-8-11)14-17-15(13-5-3-2-4-6-13)23(22-14)21-16(18,19)20/h2-10H,1H3. The molecule has 8 heteroatoms. The molecule has 0 spiro atoms. The number of halogens is 1. The fourth-order valence-electron chi connectivity index (χ4n) is 1.92. The van der Waals surface area contributed by atoms with Gasteiger partial charge in [-0.1, -0.05) is 60.2 Å². The molecule has 23 heavy (non-hydrogen) atoms. The molecule has 1 heterocycles. The van der Waals surface area contributed by atoms with Gasteiger partial charge < -0.3 is 0 Å². The van der Waals surface area contributed by atoms with Crippen molar-refractivity contribution in [1.82, 2.24) is 0 Å². The molecular formula is C15H12ClNO4S2. The highest BCUT2D eigenvalue weighted by Crippen LogP contribution is 2.44. The van der Waals surface area contributed by atoms with Gasteiger partial charge in [-0.15, -0.1) is 0 Å². The Bertz CT molecular complexity index is 770. The van der Waals surface area contributed by atoms with Crippen molar-refractivity contribution in [3.63, 3.8) is 0 Å². The Kier molecular flexibility index (Phi) is 4.88. The largest absolute Gasteiger partial charge is 0.230 e. The van der Waals surface area contributed by atoms with Crippen LogP contribution in [0.2, 0.25) is 0 Å². The van der Waals surface area contributed by atoms with E-state index in [1.807, 2.05) is 49.4 Å². The van der Waals surface area contributed by atoms with E-state index in [2.05, 4.69) is 8.73 Å². The normalized spacial score (nSPS) is 18.2. The zero-order chi connectivity index (χ0) is 16.4. The lowest BCUT2D eigenvalue weighted by atomic mass is 10.2. The summed E-state index contributed by atoms with van der Waals surface area (Å²) in [4.78, 5) is 4.94. The van der Waals surface area contributed by atoms with Crippen LogP contribution in [0.25, 0.3) is 0 Å². The van der Waals surface area contributed by atoms with E-state index in [1.165, 1.54) is 0 Å². The molecule has 3 rings (SSSR count). The van der Waals surface area contributed by atoms with Gasteiger partial charge in [0.2, 0.25) is 9.80 Å². The van der Waals surface area contributed by atoms with E-state index < -0.39 is 20.0 Å². The number of nitrogens with zero attached hydrogens (tertiary/aromatic N) is 1. The van der Waals surface area contributed by atoms with Crippen molar-refractivity contribution in [3.8, 4) is 0 Å². The number of hydrogen-bond donors (Lipinski definition) is 0. The summed E-state index contributed by atoms with van der Waals surface area (Å²) < 4.78 is 37.6. The number of benzene rings is 2. The van der Waals surface area contributed by atoms with Crippen LogP contribution in [0.5, 0.6) is 0 Å². The highest BCUT2D eigenvalue weighted by molar-refractivity contribution is 8.87. The Morgan fingerprint density at radius 3 is 2.22 bits per heavy atom. The lowest BCUT2D eigenvalue weighted by Gasteiger charge is -2.12. The van der Waals surface area contributed by atoms with Crippen molar-refractivity contribution >= 4 is 30.6 Å². The maximum atomic E-state index is 11.0. The maximum absolute atomic E-state index is 11.0. The van der Waals surface area contributed by atoms with E-state index in [1.54, 1.807) is 12.1 Å². The molecule has 0 fully saturated rings. The van der Waals surface area contributed by atoms with E-state index in [4.69, 9.17) is 0 Å². The monoisotopic (exact) mass is 369 g/mol. The molecule has 0 amide bonds. The second kappa shape index (κ2) is 6.74. The van der Waals surface area contributed by atoms with E-state index in [0.717, 1.165) is 27.5 Å². The molecule has 1 unspecified atom stereocenters. The molecule has 2 aromatic rings. The SMILES string of the molecule is Cc1ccc(C2=NC(c3ccccc3)=S(O[Cl+3]([O-])([O-])[O-])S2)cc1. The summed E-state index contributed by atoms with van der Waals surface area (Å²) in [6, 6.07) is 16.8. The quantitative estimate of drug-likeness (QED) is 0.584. The number of rotatable bonds is 4. The third kappa shape index (κ3) is 4.21. The molecule has 0 bridgehead atoms. The molecule has 1 aliphatic heterocycles. The van der Waals surface area contributed by atoms with E-state index in [0.29, 0.717) is 10.0 Å². The zero-order valence-electron chi connectivity index (χ0n) is 12.0. The first-order chi connectivity index (χ1) is 10.9. The molecule has 0 aromatic heterocycles. The summed E-state index contributed by atoms with van der Waals surface area (Å²) in [7, 11) is -4.70. The first-order valence-electron chi connectivity index (χ1n) is 6.54. The second-order valence-corrected chi connectivity index (χ2v) is 8.79. The van der Waals surface area contributed by atoms with Crippen LogP contribution in [0, 0.1) is 17.2 Å². The van der Waals surface area contributed by atoms with Gasteiger partial charge in [0.15, 0.2) is 0 Å². The van der Waals surface area contributed by atoms with Gasteiger partial charge in [0.1, 0.15) is 13.8 Å². The van der Waals surface area contributed by atoms with Crippen LogP contribution >= 0.6 is 20.6 Å². The molecule has 0 saturated carbocycles. The van der Waals surface area contributed by atoms with Gasteiger partial charge in [-0.3, -0.25) is 0 Å². The predicted molar refractivity (Wildman–Crippen MR) is 84.5 cm³/mol. The molecule has 120 valence electrons. The predicted octanol–water partition coefficient (Wildman–Crippen LogP) is 0.679. The maximum Gasteiger partial charge on any atom is 0.200 e. The third-order valence-electron chi connectivity index (χ3n) is 2.97. The summed E-state index contributed by atoms with van der Waals surface area (Å²) in [5.74, 6) is 0. The van der Waals surface area contributed by atoms with Crippen molar-refractivity contribution in [2.75, 3.05) is 0 Å². The van der Waals surface area contributed by atoms with Crippen LogP contribution in [-0.2, 0) is 3.74 Å². The van der Waals surface area contributed by atoms with Gasteiger partial charge >= 0.3 is 0 Å². The smallest absolute Gasteiger partial charge is 0.200 e. The van der Waals surface area contributed by atoms with Crippen molar-refractivity contribution < 1.29 is 28.0 Å². The van der Waals surface area contributed by atoms with E-state index >= 15 is 0 Å². The van der Waals surface area contributed by atoms with Crippen molar-refractivity contribution in [1.29, 1.82) is 0 Å². The van der Waals surface area contributed by atoms with Crippen LogP contribution in [0.15, 0.2) is 59.6 Å². The summed E-state index contributed by atoms with van der Waals surface area (Å²) in [6.07, 6.45) is 0. The fourth-order valence-corrected chi connectivity index (χ4v) is 6.23. The average molecular weight is 370 g/mol. The molecule has 0 radical (unpaired) electrons. The van der Waals surface area contributed by atoms with E-state index in [-0.39, 0.29) is 0 Å². The zero-order valence-corrected chi connectivity index (χ0v) is 14.4. The minimum atomic E-state index is -4.53. The highest BCUT2D eigenvalue weighted by Gasteiger charge is 2.33. The van der Waals surface area contributed by atoms with Crippen molar-refractivity contribution in [2.45, 2.75) is 6.92 Å². The fraction of sp³-hybridized carbons (Fsp3) is 0.0667. The van der Waals surface area contributed by atoms with Crippen LogP contribution in [0.1, 0.15) is 16.7 Å². The molecule has 5 nitrogen and oxygen atoms in total. The first-order valence-corrected chi connectivity index (χ1v) is 10.3. The average Bonchev–Trinajstić information content (AvgIpc) is 2.90. The van der Waals surface area contributed by atoms with Crippen molar-refractivity contribution in [3.05, 3.63) is 71.3 Å². The van der Waals surface area contributed by atoms with Gasteiger partial charge in [-0.05, 0) is 6.92 Å². The van der Waals surface area contributed by atoms with Gasteiger partial charge in [-0.25, -0.2) is 4.99 Å². The van der Waals surface area contributed by atoms with Gasteiger partial charge in [-0.2, -0.15) is 14.0 Å². The summed E-state index contributed by atoms with van der Waals surface area (Å²) in [5.41, 5.74) is 2.69. The topological polar surface area (TPSA) is 90.8 Å². The summed E-state index contributed by atoms with van der Waals surface area (Å²) >= 11 is 0. The molecule has 1 aliphatic rings. The van der Waals surface area contributed by atoms with Gasteiger partial charge in [0.25, 0.3) is 0 Å². The Labute approximate surface area is 141 Å². The van der Waals surface area contributed by atoms with Crippen LogP contribution in [0.3, 0.4) is 0 Å². The molecule has 2 aromatic carbocycles. The minimum absolute atomic E-state index is 0.443. The van der Waals surface area contributed by atoms with E-state index in [9.17, 15) is 14.0 Å². The third-order valence-corrected chi connectivity index (χ3v) is 7.19. The highest BCUT2D eigenvalue weighted by atomic mass is 35.7. The van der Waals surface area contributed by atoms with Gasteiger partial charge in [0.05, 0.1) is 10.2 Å². The van der Waals surface area contributed by atoms with Crippen LogP contribution in [0.4, 0.5) is 0 Å². The minimum Gasteiger partial charge on any atom is -0.230 e. The molecule has 0 N–H and O–H groups in total. The summed E-state index contributed by atoms with van der Waals surface area (Å²) in [6.45, 7) is 1.98. The molecular weight excluding hydrogens is 358 g/mol. The van der Waals surface area contributed by atoms with Crippen molar-refractivity contribution in [2.24, 2.45) is 4.99 Å². The first kappa shape index (κ1) is 16.7. The Hall–Kier alpha value is -1.19.